The molecule has 23 heavy (non-hydrogen) atoms. The largest absolute Gasteiger partial charge is 0.368 e. The Hall–Kier alpha value is -2.48. The van der Waals surface area contributed by atoms with Gasteiger partial charge < -0.3 is 19.6 Å². The van der Waals surface area contributed by atoms with E-state index in [0.717, 1.165) is 12.8 Å². The fraction of sp³-hybridized carbons (Fsp3) is 0.467. The van der Waals surface area contributed by atoms with E-state index >= 15 is 0 Å². The molecule has 1 amide bonds. The van der Waals surface area contributed by atoms with Crippen LogP contribution < -0.4 is 10.9 Å². The van der Waals surface area contributed by atoms with Crippen LogP contribution in [0.4, 0.5) is 0 Å². The van der Waals surface area contributed by atoms with Gasteiger partial charge in [-0.2, -0.15) is 4.98 Å². The van der Waals surface area contributed by atoms with Crippen molar-refractivity contribution in [2.75, 3.05) is 13.2 Å². The van der Waals surface area contributed by atoms with Crippen molar-refractivity contribution in [1.29, 1.82) is 0 Å². The molecule has 122 valence electrons. The van der Waals surface area contributed by atoms with Gasteiger partial charge in [-0.3, -0.25) is 9.59 Å². The van der Waals surface area contributed by atoms with E-state index < -0.39 is 0 Å². The maximum absolute atomic E-state index is 12.0. The molecule has 0 radical (unpaired) electrons. The first kappa shape index (κ1) is 15.4. The third kappa shape index (κ3) is 3.84. The molecule has 2 N–H and O–H groups in total. The summed E-state index contributed by atoms with van der Waals surface area (Å²) < 4.78 is 10.7. The van der Waals surface area contributed by atoms with Crippen LogP contribution in [-0.2, 0) is 11.2 Å². The van der Waals surface area contributed by atoms with Gasteiger partial charge in [0, 0.05) is 36.9 Å². The number of hydrogen-bond acceptors (Lipinski definition) is 6. The maximum Gasteiger partial charge on any atom is 0.255 e. The molecule has 1 aliphatic rings. The summed E-state index contributed by atoms with van der Waals surface area (Å²) in [5, 5.41) is 6.62. The fourth-order valence-electron chi connectivity index (χ4n) is 2.48. The molecule has 1 saturated heterocycles. The lowest BCUT2D eigenvalue weighted by molar-refractivity contribution is 0.0835. The van der Waals surface area contributed by atoms with Crippen molar-refractivity contribution in [3.8, 4) is 0 Å². The molecule has 0 aromatic carbocycles. The average molecular weight is 318 g/mol. The van der Waals surface area contributed by atoms with Crippen LogP contribution in [0.1, 0.15) is 46.7 Å². The molecule has 0 spiro atoms. The number of carbonyl (C=O) groups is 1. The summed E-state index contributed by atoms with van der Waals surface area (Å²) >= 11 is 0. The van der Waals surface area contributed by atoms with Crippen molar-refractivity contribution < 1.29 is 14.1 Å². The van der Waals surface area contributed by atoms with Crippen molar-refractivity contribution in [1.82, 2.24) is 20.4 Å². The van der Waals surface area contributed by atoms with E-state index in [1.54, 1.807) is 13.0 Å². The molecule has 1 fully saturated rings. The van der Waals surface area contributed by atoms with Gasteiger partial charge in [0.15, 0.2) is 5.82 Å². The molecular formula is C15H18N4O4. The minimum absolute atomic E-state index is 0.107. The highest BCUT2D eigenvalue weighted by Gasteiger charge is 2.23. The second-order valence-electron chi connectivity index (χ2n) is 5.47. The molecule has 8 nitrogen and oxygen atoms in total. The molecule has 0 saturated carbocycles. The minimum Gasteiger partial charge on any atom is -0.368 e. The maximum atomic E-state index is 12.0. The number of nitrogens with zero attached hydrogens (tertiary/aromatic N) is 2. The number of rotatable bonds is 5. The van der Waals surface area contributed by atoms with Gasteiger partial charge in [0.1, 0.15) is 6.10 Å². The highest BCUT2D eigenvalue weighted by Crippen LogP contribution is 2.26. The van der Waals surface area contributed by atoms with Gasteiger partial charge in [0.2, 0.25) is 5.56 Å². The summed E-state index contributed by atoms with van der Waals surface area (Å²) in [4.78, 5) is 30.2. The molecule has 1 atom stereocenters. The second kappa shape index (κ2) is 6.74. The highest BCUT2D eigenvalue weighted by atomic mass is 16.5. The van der Waals surface area contributed by atoms with Crippen LogP contribution in [0.3, 0.4) is 0 Å². The third-order valence-electron chi connectivity index (χ3n) is 3.56. The van der Waals surface area contributed by atoms with E-state index in [-0.39, 0.29) is 17.6 Å². The number of ether oxygens (including phenoxy) is 1. The number of amides is 1. The Morgan fingerprint density at radius 3 is 3.09 bits per heavy atom. The van der Waals surface area contributed by atoms with Gasteiger partial charge in [-0.1, -0.05) is 5.16 Å². The van der Waals surface area contributed by atoms with Crippen LogP contribution >= 0.6 is 0 Å². The molecule has 8 heteroatoms. The van der Waals surface area contributed by atoms with Crippen LogP contribution in [0.25, 0.3) is 0 Å². The predicted molar refractivity (Wildman–Crippen MR) is 80.1 cm³/mol. The molecule has 3 rings (SSSR count). The number of aromatic amines is 1. The SMILES string of the molecule is Cc1cc(C(=O)NCCc2noc([C@H]3CCCO3)n2)cc(=O)[nH]1. The Morgan fingerprint density at radius 1 is 1.48 bits per heavy atom. The zero-order valence-electron chi connectivity index (χ0n) is 12.8. The lowest BCUT2D eigenvalue weighted by Crippen LogP contribution is -2.27. The van der Waals surface area contributed by atoms with E-state index in [4.69, 9.17) is 9.26 Å². The molecule has 3 heterocycles. The Bertz CT molecular complexity index is 746. The lowest BCUT2D eigenvalue weighted by atomic mass is 10.2. The Kier molecular flexibility index (Phi) is 4.52. The summed E-state index contributed by atoms with van der Waals surface area (Å²) in [5.74, 6) is 0.717. The number of hydrogen-bond donors (Lipinski definition) is 2. The number of pyridine rings is 1. The van der Waals surface area contributed by atoms with Crippen molar-refractivity contribution in [2.45, 2.75) is 32.3 Å². The van der Waals surface area contributed by atoms with E-state index in [2.05, 4.69) is 20.4 Å². The summed E-state index contributed by atoms with van der Waals surface area (Å²) in [6, 6.07) is 2.90. The number of aromatic nitrogens is 3. The van der Waals surface area contributed by atoms with Crippen LogP contribution in [0.15, 0.2) is 21.5 Å². The smallest absolute Gasteiger partial charge is 0.255 e. The Morgan fingerprint density at radius 2 is 2.35 bits per heavy atom. The zero-order valence-corrected chi connectivity index (χ0v) is 12.8. The Labute approximate surface area is 132 Å². The zero-order chi connectivity index (χ0) is 16.2. The quantitative estimate of drug-likeness (QED) is 0.847. The van der Waals surface area contributed by atoms with Gasteiger partial charge in [0.05, 0.1) is 0 Å². The van der Waals surface area contributed by atoms with Crippen LogP contribution in [0.5, 0.6) is 0 Å². The predicted octanol–water partition coefficient (Wildman–Crippen LogP) is 0.890. The lowest BCUT2D eigenvalue weighted by Gasteiger charge is -2.04. The van der Waals surface area contributed by atoms with E-state index in [9.17, 15) is 9.59 Å². The van der Waals surface area contributed by atoms with Crippen LogP contribution in [-0.4, -0.2) is 34.2 Å². The molecule has 0 bridgehead atoms. The number of H-pyrrole nitrogens is 1. The van der Waals surface area contributed by atoms with E-state index in [0.29, 0.717) is 42.5 Å². The van der Waals surface area contributed by atoms with E-state index in [1.807, 2.05) is 0 Å². The second-order valence-corrected chi connectivity index (χ2v) is 5.47. The number of aryl methyl sites for hydroxylation is 1. The first-order chi connectivity index (χ1) is 11.1. The standard InChI is InChI=1S/C15H18N4O4/c1-9-7-10(8-13(20)17-9)14(21)16-5-4-12-18-15(23-19-12)11-3-2-6-22-11/h7-8,11H,2-6H2,1H3,(H,16,21)(H,17,20)/t11-/m1/s1. The van der Waals surface area contributed by atoms with Gasteiger partial charge in [-0.25, -0.2) is 0 Å². The van der Waals surface area contributed by atoms with Gasteiger partial charge in [0.25, 0.3) is 11.8 Å². The fourth-order valence-corrected chi connectivity index (χ4v) is 2.48. The van der Waals surface area contributed by atoms with E-state index in [1.165, 1.54) is 6.07 Å². The van der Waals surface area contributed by atoms with Crippen molar-refractivity contribution in [3.63, 3.8) is 0 Å². The topological polar surface area (TPSA) is 110 Å². The minimum atomic E-state index is -0.304. The van der Waals surface area contributed by atoms with Crippen LogP contribution in [0.2, 0.25) is 0 Å². The van der Waals surface area contributed by atoms with Crippen molar-refractivity contribution in [2.24, 2.45) is 0 Å². The number of carbonyl (C=O) groups excluding carboxylic acids is 1. The molecule has 2 aromatic rings. The van der Waals surface area contributed by atoms with Gasteiger partial charge in [-0.05, 0) is 25.8 Å². The van der Waals surface area contributed by atoms with Gasteiger partial charge >= 0.3 is 0 Å². The molecular weight excluding hydrogens is 300 g/mol. The molecule has 0 unspecified atom stereocenters. The highest BCUT2D eigenvalue weighted by molar-refractivity contribution is 5.94. The summed E-state index contributed by atoms with van der Waals surface area (Å²) in [6.07, 6.45) is 2.23. The monoisotopic (exact) mass is 318 g/mol. The first-order valence-corrected chi connectivity index (χ1v) is 7.55. The van der Waals surface area contributed by atoms with Crippen LogP contribution in [0, 0.1) is 6.92 Å². The summed E-state index contributed by atoms with van der Waals surface area (Å²) in [5.41, 5.74) is 0.677. The van der Waals surface area contributed by atoms with Gasteiger partial charge in [-0.15, -0.1) is 0 Å². The third-order valence-corrected chi connectivity index (χ3v) is 3.56. The number of nitrogens with one attached hydrogen (secondary N) is 2. The molecule has 0 aliphatic carbocycles. The summed E-state index contributed by atoms with van der Waals surface area (Å²) in [6.45, 7) is 2.80. The normalized spacial score (nSPS) is 17.3. The Balaban J connectivity index is 1.52. The average Bonchev–Trinajstić information content (AvgIpc) is 3.17. The van der Waals surface area contributed by atoms with Crippen molar-refractivity contribution in [3.05, 3.63) is 45.5 Å². The molecule has 2 aromatic heterocycles. The first-order valence-electron chi connectivity index (χ1n) is 7.55. The summed E-state index contributed by atoms with van der Waals surface area (Å²) in [7, 11) is 0. The molecule has 1 aliphatic heterocycles. The van der Waals surface area contributed by atoms with Crippen molar-refractivity contribution >= 4 is 5.91 Å².